The first-order chi connectivity index (χ1) is 14.1. The highest BCUT2D eigenvalue weighted by Gasteiger charge is 2.17. The van der Waals surface area contributed by atoms with Crippen LogP contribution in [0.1, 0.15) is 5.69 Å². The minimum absolute atomic E-state index is 0.0961. The Kier molecular flexibility index (Phi) is 5.59. The van der Waals surface area contributed by atoms with E-state index in [1.54, 1.807) is 6.20 Å². The number of nitrogen functional groups attached to an aromatic ring is 1. The Hall–Kier alpha value is -3.17. The van der Waals surface area contributed by atoms with Crippen molar-refractivity contribution >= 4 is 39.2 Å². The summed E-state index contributed by atoms with van der Waals surface area (Å²) < 4.78 is 1.01. The average molecular weight is 424 g/mol. The first kappa shape index (κ1) is 19.2. The molecule has 0 spiro atoms. The van der Waals surface area contributed by atoms with Gasteiger partial charge in [0.1, 0.15) is 4.83 Å². The van der Waals surface area contributed by atoms with Crippen molar-refractivity contribution < 1.29 is 4.79 Å². The summed E-state index contributed by atoms with van der Waals surface area (Å²) in [7, 11) is 0. The molecule has 4 aromatic rings. The number of benzene rings is 1. The van der Waals surface area contributed by atoms with Crippen molar-refractivity contribution in [3.8, 4) is 11.1 Å². The van der Waals surface area contributed by atoms with Gasteiger partial charge in [-0.15, -0.1) is 11.3 Å². The molecule has 3 aromatic heterocycles. The lowest BCUT2D eigenvalue weighted by molar-refractivity contribution is -0.118. The van der Waals surface area contributed by atoms with Crippen molar-refractivity contribution in [2.75, 3.05) is 11.6 Å². The predicted octanol–water partition coefficient (Wildman–Crippen LogP) is 2.64. The van der Waals surface area contributed by atoms with Crippen LogP contribution in [0.25, 0.3) is 21.3 Å². The van der Waals surface area contributed by atoms with E-state index < -0.39 is 0 Å². The summed E-state index contributed by atoms with van der Waals surface area (Å²) >= 11 is 2.51. The number of rotatable bonds is 6. The van der Waals surface area contributed by atoms with Crippen LogP contribution < -0.4 is 16.7 Å². The summed E-state index contributed by atoms with van der Waals surface area (Å²) in [6.07, 6.45) is 1.67. The predicted molar refractivity (Wildman–Crippen MR) is 116 cm³/mol. The van der Waals surface area contributed by atoms with Gasteiger partial charge in [0.15, 0.2) is 5.16 Å². The maximum atomic E-state index is 12.8. The van der Waals surface area contributed by atoms with Gasteiger partial charge in [-0.05, 0) is 17.7 Å². The molecular weight excluding hydrogens is 406 g/mol. The summed E-state index contributed by atoms with van der Waals surface area (Å²) in [4.78, 5) is 34.2. The molecule has 0 radical (unpaired) electrons. The Bertz CT molecular complexity index is 1210. The molecule has 3 heterocycles. The lowest BCUT2D eigenvalue weighted by atomic mass is 10.1. The number of hydrogen-bond donors (Lipinski definition) is 2. The number of nitrogens with zero attached hydrogens (tertiary/aromatic N) is 3. The molecular formula is C20H17N5O2S2. The van der Waals surface area contributed by atoms with Crippen molar-refractivity contribution in [2.45, 2.75) is 11.7 Å². The standard InChI is InChI=1S/C20H17N5O2S2/c21-25-19(27)17-15(13-6-2-1-3-7-13)11-28-18(17)24-20(25)29-12-16(26)23-10-14-8-4-5-9-22-14/h1-9,11H,10,12,21H2,(H,23,26). The second-order valence-corrected chi connectivity index (χ2v) is 7.95. The number of amides is 1. The third-order valence-corrected chi connectivity index (χ3v) is 6.04. The third kappa shape index (κ3) is 4.15. The fourth-order valence-corrected chi connectivity index (χ4v) is 4.53. The zero-order valence-electron chi connectivity index (χ0n) is 15.2. The van der Waals surface area contributed by atoms with E-state index in [9.17, 15) is 9.59 Å². The molecule has 0 fully saturated rings. The number of hydrogen-bond acceptors (Lipinski definition) is 7. The van der Waals surface area contributed by atoms with E-state index in [0.717, 1.165) is 33.3 Å². The summed E-state index contributed by atoms with van der Waals surface area (Å²) in [5.41, 5.74) is 2.19. The molecule has 0 aliphatic rings. The lowest BCUT2D eigenvalue weighted by Crippen LogP contribution is -2.30. The fraction of sp³-hybridized carbons (Fsp3) is 0.100. The molecule has 3 N–H and O–H groups in total. The van der Waals surface area contributed by atoms with E-state index in [2.05, 4.69) is 15.3 Å². The second-order valence-electron chi connectivity index (χ2n) is 6.15. The largest absolute Gasteiger partial charge is 0.350 e. The summed E-state index contributed by atoms with van der Waals surface area (Å²) in [6, 6.07) is 15.2. The van der Waals surface area contributed by atoms with E-state index in [0.29, 0.717) is 21.9 Å². The molecule has 0 unspecified atom stereocenters. The zero-order valence-corrected chi connectivity index (χ0v) is 16.9. The van der Waals surface area contributed by atoms with Gasteiger partial charge < -0.3 is 11.2 Å². The average Bonchev–Trinajstić information content (AvgIpc) is 3.19. The fourth-order valence-electron chi connectivity index (χ4n) is 2.79. The van der Waals surface area contributed by atoms with Crippen LogP contribution in [0.4, 0.5) is 0 Å². The monoisotopic (exact) mass is 423 g/mol. The first-order valence-corrected chi connectivity index (χ1v) is 10.6. The number of pyridine rings is 1. The SMILES string of the molecule is Nn1c(SCC(=O)NCc2ccccn2)nc2scc(-c3ccccc3)c2c1=O. The van der Waals surface area contributed by atoms with E-state index in [1.165, 1.54) is 11.3 Å². The molecule has 7 nitrogen and oxygen atoms in total. The molecule has 0 bridgehead atoms. The van der Waals surface area contributed by atoms with Gasteiger partial charge in [0.2, 0.25) is 5.91 Å². The number of fused-ring (bicyclic) bond motifs is 1. The minimum Gasteiger partial charge on any atom is -0.350 e. The normalized spacial score (nSPS) is 10.9. The number of thiophene rings is 1. The Morgan fingerprint density at radius 3 is 2.72 bits per heavy atom. The highest BCUT2D eigenvalue weighted by atomic mass is 32.2. The molecule has 0 aliphatic carbocycles. The number of nitrogens with two attached hydrogens (primary N) is 1. The van der Waals surface area contributed by atoms with Gasteiger partial charge in [-0.2, -0.15) is 0 Å². The van der Waals surface area contributed by atoms with E-state index in [4.69, 9.17) is 5.84 Å². The lowest BCUT2D eigenvalue weighted by Gasteiger charge is -2.08. The molecule has 1 amide bonds. The van der Waals surface area contributed by atoms with Crippen molar-refractivity contribution in [2.24, 2.45) is 0 Å². The number of carbonyl (C=O) groups excluding carboxylic acids is 1. The molecule has 9 heteroatoms. The Morgan fingerprint density at radius 2 is 1.97 bits per heavy atom. The first-order valence-electron chi connectivity index (χ1n) is 8.77. The van der Waals surface area contributed by atoms with E-state index in [1.807, 2.05) is 53.9 Å². The molecule has 0 saturated heterocycles. The summed E-state index contributed by atoms with van der Waals surface area (Å²) in [5, 5.41) is 5.49. The van der Waals surface area contributed by atoms with Gasteiger partial charge in [0, 0.05) is 17.1 Å². The molecule has 0 saturated carbocycles. The zero-order chi connectivity index (χ0) is 20.2. The Morgan fingerprint density at radius 1 is 1.17 bits per heavy atom. The molecule has 29 heavy (non-hydrogen) atoms. The second kappa shape index (κ2) is 8.46. The van der Waals surface area contributed by atoms with Crippen LogP contribution in [0.3, 0.4) is 0 Å². The van der Waals surface area contributed by atoms with Gasteiger partial charge in [-0.3, -0.25) is 14.6 Å². The van der Waals surface area contributed by atoms with Gasteiger partial charge in [0.25, 0.3) is 5.56 Å². The highest BCUT2D eigenvalue weighted by Crippen LogP contribution is 2.31. The van der Waals surface area contributed by atoms with Crippen LogP contribution in [0.5, 0.6) is 0 Å². The van der Waals surface area contributed by atoms with E-state index >= 15 is 0 Å². The molecule has 0 aliphatic heterocycles. The topological polar surface area (TPSA) is 103 Å². The number of nitrogens with one attached hydrogen (secondary N) is 1. The van der Waals surface area contributed by atoms with Crippen LogP contribution in [-0.2, 0) is 11.3 Å². The molecule has 0 atom stereocenters. The maximum Gasteiger partial charge on any atom is 0.282 e. The highest BCUT2D eigenvalue weighted by molar-refractivity contribution is 7.99. The molecule has 4 rings (SSSR count). The van der Waals surface area contributed by atoms with E-state index in [-0.39, 0.29) is 17.2 Å². The number of aromatic nitrogens is 3. The third-order valence-electron chi connectivity index (χ3n) is 4.22. The quantitative estimate of drug-likeness (QED) is 0.281. The minimum atomic E-state index is -0.327. The van der Waals surface area contributed by atoms with Crippen molar-refractivity contribution in [3.05, 3.63) is 76.2 Å². The van der Waals surface area contributed by atoms with Crippen LogP contribution in [0, 0.1) is 0 Å². The van der Waals surface area contributed by atoms with Crippen molar-refractivity contribution in [1.29, 1.82) is 0 Å². The van der Waals surface area contributed by atoms with Gasteiger partial charge in [0.05, 0.1) is 23.4 Å². The van der Waals surface area contributed by atoms with Crippen LogP contribution in [0.2, 0.25) is 0 Å². The molecule has 1 aromatic carbocycles. The van der Waals surface area contributed by atoms with Gasteiger partial charge in [-0.1, -0.05) is 48.2 Å². The van der Waals surface area contributed by atoms with Crippen molar-refractivity contribution in [1.82, 2.24) is 20.0 Å². The van der Waals surface area contributed by atoms with Crippen LogP contribution in [0.15, 0.2) is 70.1 Å². The number of thioether (sulfide) groups is 1. The van der Waals surface area contributed by atoms with Crippen LogP contribution >= 0.6 is 23.1 Å². The molecule has 146 valence electrons. The Balaban J connectivity index is 1.51. The summed E-state index contributed by atoms with van der Waals surface area (Å²) in [5.74, 6) is 5.90. The van der Waals surface area contributed by atoms with Crippen molar-refractivity contribution in [3.63, 3.8) is 0 Å². The maximum absolute atomic E-state index is 12.8. The van der Waals surface area contributed by atoms with Gasteiger partial charge >= 0.3 is 0 Å². The Labute approximate surface area is 174 Å². The van der Waals surface area contributed by atoms with Gasteiger partial charge in [-0.25, -0.2) is 9.66 Å². The smallest absolute Gasteiger partial charge is 0.282 e. The van der Waals surface area contributed by atoms with Crippen LogP contribution in [-0.4, -0.2) is 26.3 Å². The number of carbonyl (C=O) groups is 1. The summed E-state index contributed by atoms with van der Waals surface area (Å²) in [6.45, 7) is 0.341.